The van der Waals surface area contributed by atoms with E-state index in [9.17, 15) is 8.78 Å². The van der Waals surface area contributed by atoms with E-state index >= 15 is 0 Å². The normalized spacial score (nSPS) is 19.4. The first-order chi connectivity index (χ1) is 13.1. The molecule has 0 bridgehead atoms. The molecule has 0 radical (unpaired) electrons. The molecule has 0 spiro atoms. The van der Waals surface area contributed by atoms with Crippen molar-refractivity contribution in [2.45, 2.75) is 52.2 Å². The third-order valence-electron chi connectivity index (χ3n) is 5.32. The van der Waals surface area contributed by atoms with Crippen LogP contribution < -0.4 is 11.2 Å². The molecule has 1 aromatic rings. The summed E-state index contributed by atoms with van der Waals surface area (Å²) in [7, 11) is 0.629. The fourth-order valence-corrected chi connectivity index (χ4v) is 2.87. The Bertz CT molecular complexity index is 763. The molecule has 0 atom stereocenters. The largest absolute Gasteiger partial charge is 0.497 e. The SMILES string of the molecule is COCCCN=C(C)/C(=C\N)c1ccc(B2OC(C)(C)C(C)(C)O2)c(F)c1F. The zero-order valence-corrected chi connectivity index (χ0v) is 17.4. The van der Waals surface area contributed by atoms with Crippen LogP contribution in [0.5, 0.6) is 0 Å². The molecular weight excluding hydrogens is 365 g/mol. The Labute approximate surface area is 166 Å². The minimum atomic E-state index is -1.01. The molecule has 1 aliphatic rings. The lowest BCUT2D eigenvalue weighted by Crippen LogP contribution is -2.41. The minimum absolute atomic E-state index is 0.0194. The van der Waals surface area contributed by atoms with E-state index in [-0.39, 0.29) is 11.0 Å². The van der Waals surface area contributed by atoms with Gasteiger partial charge in [-0.3, -0.25) is 4.99 Å². The molecule has 0 aromatic heterocycles. The first-order valence-corrected chi connectivity index (χ1v) is 9.32. The van der Waals surface area contributed by atoms with Crippen LogP contribution in [0, 0.1) is 11.6 Å². The van der Waals surface area contributed by atoms with Crippen LogP contribution in [-0.2, 0) is 14.0 Å². The quantitative estimate of drug-likeness (QED) is 0.439. The highest BCUT2D eigenvalue weighted by atomic mass is 19.2. The highest BCUT2D eigenvalue weighted by molar-refractivity contribution is 6.62. The summed E-state index contributed by atoms with van der Waals surface area (Å²) in [5.74, 6) is -2.02. The number of aliphatic imine (C=N–C) groups is 1. The lowest BCUT2D eigenvalue weighted by Gasteiger charge is -2.32. The highest BCUT2D eigenvalue weighted by Crippen LogP contribution is 2.37. The molecule has 1 saturated heterocycles. The summed E-state index contributed by atoms with van der Waals surface area (Å²) in [6.07, 6.45) is 1.96. The van der Waals surface area contributed by atoms with Crippen LogP contribution in [0.2, 0.25) is 0 Å². The molecule has 1 aliphatic heterocycles. The highest BCUT2D eigenvalue weighted by Gasteiger charge is 2.52. The summed E-state index contributed by atoms with van der Waals surface area (Å²) in [4.78, 5) is 4.37. The Morgan fingerprint density at radius 3 is 2.32 bits per heavy atom. The Balaban J connectivity index is 2.31. The number of rotatable bonds is 7. The zero-order valence-electron chi connectivity index (χ0n) is 17.4. The van der Waals surface area contributed by atoms with Crippen molar-refractivity contribution in [3.05, 3.63) is 35.5 Å². The van der Waals surface area contributed by atoms with Crippen molar-refractivity contribution in [3.63, 3.8) is 0 Å². The van der Waals surface area contributed by atoms with E-state index in [1.54, 1.807) is 14.0 Å². The van der Waals surface area contributed by atoms with E-state index < -0.39 is 30.0 Å². The van der Waals surface area contributed by atoms with Crippen molar-refractivity contribution in [2.75, 3.05) is 20.3 Å². The van der Waals surface area contributed by atoms with Crippen LogP contribution >= 0.6 is 0 Å². The number of benzene rings is 1. The Hall–Kier alpha value is -1.77. The second-order valence-corrected chi connectivity index (χ2v) is 7.81. The predicted molar refractivity (Wildman–Crippen MR) is 109 cm³/mol. The predicted octanol–water partition coefficient (Wildman–Crippen LogP) is 3.06. The van der Waals surface area contributed by atoms with Crippen molar-refractivity contribution >= 4 is 23.9 Å². The molecule has 1 heterocycles. The number of hydrogen-bond acceptors (Lipinski definition) is 5. The molecule has 1 aromatic carbocycles. The van der Waals surface area contributed by atoms with E-state index in [2.05, 4.69) is 4.99 Å². The molecule has 0 aliphatic carbocycles. The second-order valence-electron chi connectivity index (χ2n) is 7.81. The maximum atomic E-state index is 14.9. The van der Waals surface area contributed by atoms with Gasteiger partial charge < -0.3 is 19.8 Å². The van der Waals surface area contributed by atoms with Gasteiger partial charge >= 0.3 is 7.12 Å². The Kier molecular flexibility index (Phi) is 7.01. The van der Waals surface area contributed by atoms with Crippen LogP contribution in [0.4, 0.5) is 8.78 Å². The van der Waals surface area contributed by atoms with E-state index in [0.717, 1.165) is 6.42 Å². The lowest BCUT2D eigenvalue weighted by molar-refractivity contribution is 0.00578. The van der Waals surface area contributed by atoms with Crippen LogP contribution in [0.25, 0.3) is 5.57 Å². The van der Waals surface area contributed by atoms with Gasteiger partial charge in [-0.05, 0) is 41.0 Å². The van der Waals surface area contributed by atoms with Gasteiger partial charge in [-0.25, -0.2) is 8.78 Å². The van der Waals surface area contributed by atoms with Crippen molar-refractivity contribution < 1.29 is 22.8 Å². The van der Waals surface area contributed by atoms with Gasteiger partial charge in [0, 0.05) is 48.8 Å². The molecule has 154 valence electrons. The van der Waals surface area contributed by atoms with Crippen LogP contribution in [0.3, 0.4) is 0 Å². The lowest BCUT2D eigenvalue weighted by atomic mass is 9.77. The third kappa shape index (κ3) is 4.45. The molecule has 2 N–H and O–H groups in total. The third-order valence-corrected chi connectivity index (χ3v) is 5.32. The average Bonchev–Trinajstić information content (AvgIpc) is 2.83. The number of nitrogens with zero attached hydrogens (tertiary/aromatic N) is 1. The van der Waals surface area contributed by atoms with Gasteiger partial charge in [0.25, 0.3) is 0 Å². The van der Waals surface area contributed by atoms with Crippen molar-refractivity contribution in [2.24, 2.45) is 10.7 Å². The number of methoxy groups -OCH3 is 1. The molecule has 0 unspecified atom stereocenters. The van der Waals surface area contributed by atoms with Crippen LogP contribution in [0.1, 0.15) is 46.6 Å². The first kappa shape index (κ1) is 22.5. The summed E-state index contributed by atoms with van der Waals surface area (Å²) < 4.78 is 46.4. The molecule has 0 saturated carbocycles. The monoisotopic (exact) mass is 394 g/mol. The van der Waals surface area contributed by atoms with E-state index in [1.807, 2.05) is 27.7 Å². The molecule has 5 nitrogen and oxygen atoms in total. The van der Waals surface area contributed by atoms with Gasteiger partial charge in [-0.2, -0.15) is 0 Å². The molecule has 2 rings (SSSR count). The summed E-state index contributed by atoms with van der Waals surface area (Å²) in [5.41, 5.74) is 5.33. The van der Waals surface area contributed by atoms with Gasteiger partial charge in [-0.1, -0.05) is 12.1 Å². The first-order valence-electron chi connectivity index (χ1n) is 9.32. The molecule has 8 heteroatoms. The van der Waals surface area contributed by atoms with Gasteiger partial charge in [0.2, 0.25) is 0 Å². The summed E-state index contributed by atoms with van der Waals surface area (Å²) >= 11 is 0. The minimum Gasteiger partial charge on any atom is -0.404 e. The average molecular weight is 394 g/mol. The Morgan fingerprint density at radius 1 is 1.18 bits per heavy atom. The topological polar surface area (TPSA) is 66.1 Å². The standard InChI is InChI=1S/C20H29BF2N2O3/c1-13(25-10-7-11-26-6)15(12-24)14-8-9-16(18(23)17(14)22)21-27-19(2,3)20(4,5)28-21/h8-9,12H,7,10-11,24H2,1-6H3/b15-12+,25-13?. The molecule has 1 fully saturated rings. The van der Waals surface area contributed by atoms with E-state index in [4.69, 9.17) is 19.8 Å². The second kappa shape index (κ2) is 8.72. The van der Waals surface area contributed by atoms with Crippen LogP contribution in [-0.4, -0.2) is 44.3 Å². The number of allylic oxidation sites excluding steroid dienone is 1. The summed E-state index contributed by atoms with van der Waals surface area (Å²) in [6, 6.07) is 2.95. The number of nitrogens with two attached hydrogens (primary N) is 1. The Morgan fingerprint density at radius 2 is 1.79 bits per heavy atom. The van der Waals surface area contributed by atoms with Crippen LogP contribution in [0.15, 0.2) is 23.3 Å². The van der Waals surface area contributed by atoms with Gasteiger partial charge in [0.05, 0.1) is 11.2 Å². The number of hydrogen-bond donors (Lipinski definition) is 1. The summed E-state index contributed by atoms with van der Waals surface area (Å²) in [6.45, 7) is 10.2. The van der Waals surface area contributed by atoms with E-state index in [0.29, 0.717) is 24.4 Å². The molecule has 28 heavy (non-hydrogen) atoms. The van der Waals surface area contributed by atoms with E-state index in [1.165, 1.54) is 18.3 Å². The molecular formula is C20H29BF2N2O3. The zero-order chi connectivity index (χ0) is 21.1. The van der Waals surface area contributed by atoms with Crippen molar-refractivity contribution in [1.82, 2.24) is 0 Å². The fourth-order valence-electron chi connectivity index (χ4n) is 2.87. The van der Waals surface area contributed by atoms with Gasteiger partial charge in [0.15, 0.2) is 11.6 Å². The smallest absolute Gasteiger partial charge is 0.404 e. The molecule has 0 amide bonds. The maximum Gasteiger partial charge on any atom is 0.497 e. The van der Waals surface area contributed by atoms with Crippen molar-refractivity contribution in [1.29, 1.82) is 0 Å². The fraction of sp³-hybridized carbons (Fsp3) is 0.550. The summed E-state index contributed by atoms with van der Waals surface area (Å²) in [5, 5.41) is 0. The maximum absolute atomic E-state index is 14.9. The number of ether oxygens (including phenoxy) is 1. The number of halogens is 2. The van der Waals surface area contributed by atoms with Gasteiger partial charge in [-0.15, -0.1) is 0 Å². The van der Waals surface area contributed by atoms with Crippen molar-refractivity contribution in [3.8, 4) is 0 Å². The van der Waals surface area contributed by atoms with Gasteiger partial charge in [0.1, 0.15) is 0 Å².